The number of urea groups is 1. The van der Waals surface area contributed by atoms with Crippen LogP contribution < -0.4 is 5.32 Å². The lowest BCUT2D eigenvalue weighted by Gasteiger charge is -2.25. The molecule has 8 heteroatoms. The van der Waals surface area contributed by atoms with Crippen LogP contribution in [0.3, 0.4) is 0 Å². The molecule has 0 bridgehead atoms. The molecule has 0 fully saturated rings. The van der Waals surface area contributed by atoms with Crippen LogP contribution >= 0.6 is 0 Å². The summed E-state index contributed by atoms with van der Waals surface area (Å²) in [6, 6.07) is -1.67. The molecule has 1 rings (SSSR count). The van der Waals surface area contributed by atoms with E-state index in [1.807, 2.05) is 12.2 Å². The Kier molecular flexibility index (Phi) is 5.34. The minimum atomic E-state index is -3.25. The molecule has 0 aromatic carbocycles. The lowest BCUT2D eigenvalue weighted by atomic mass is 10.2. The van der Waals surface area contributed by atoms with Crippen molar-refractivity contribution in [2.24, 2.45) is 0 Å². The van der Waals surface area contributed by atoms with E-state index in [0.29, 0.717) is 13.1 Å². The minimum absolute atomic E-state index is 0.135. The van der Waals surface area contributed by atoms with Gasteiger partial charge in [-0.2, -0.15) is 0 Å². The van der Waals surface area contributed by atoms with E-state index in [1.54, 1.807) is 0 Å². The number of hydrogen-bond acceptors (Lipinski definition) is 4. The predicted octanol–water partition coefficient (Wildman–Crippen LogP) is -0.154. The molecule has 7 nitrogen and oxygen atoms in total. The van der Waals surface area contributed by atoms with Crippen molar-refractivity contribution in [3.05, 3.63) is 12.2 Å². The van der Waals surface area contributed by atoms with E-state index in [1.165, 1.54) is 4.90 Å². The number of carboxylic acids is 1. The number of amides is 2. The summed E-state index contributed by atoms with van der Waals surface area (Å²) in [5.74, 6) is -1.51. The number of aliphatic carboxylic acids is 1. The Bertz CT molecular complexity index is 471. The summed E-state index contributed by atoms with van der Waals surface area (Å²) in [4.78, 5) is 24.3. The maximum Gasteiger partial charge on any atom is 0.326 e. The highest BCUT2D eigenvalue weighted by Crippen LogP contribution is 2.03. The zero-order valence-corrected chi connectivity index (χ0v) is 11.5. The van der Waals surface area contributed by atoms with Crippen LogP contribution in [0, 0.1) is 0 Å². The molecule has 0 saturated heterocycles. The van der Waals surface area contributed by atoms with Gasteiger partial charge in [0, 0.05) is 19.3 Å². The molecule has 1 unspecified atom stereocenters. The average Bonchev–Trinajstić information content (AvgIpc) is 2.33. The molecule has 2 amide bonds. The summed E-state index contributed by atoms with van der Waals surface area (Å²) in [5, 5.41) is 11.3. The number of nitrogens with one attached hydrogen (secondary N) is 1. The van der Waals surface area contributed by atoms with Crippen LogP contribution in [0.25, 0.3) is 0 Å². The molecule has 108 valence electrons. The van der Waals surface area contributed by atoms with Gasteiger partial charge in [0.05, 0.1) is 5.75 Å². The Morgan fingerprint density at radius 3 is 2.58 bits per heavy atom. The van der Waals surface area contributed by atoms with E-state index in [9.17, 15) is 18.0 Å². The van der Waals surface area contributed by atoms with Gasteiger partial charge in [0.1, 0.15) is 15.9 Å². The van der Waals surface area contributed by atoms with E-state index in [4.69, 9.17) is 5.11 Å². The topological polar surface area (TPSA) is 104 Å². The van der Waals surface area contributed by atoms with Gasteiger partial charge < -0.3 is 15.3 Å². The third kappa shape index (κ3) is 5.73. The fraction of sp³-hybridized carbons (Fsp3) is 0.636. The molecule has 2 N–H and O–H groups in total. The molecule has 0 aromatic heterocycles. The molecule has 1 aliphatic heterocycles. The molecule has 0 spiro atoms. The number of rotatable bonds is 5. The monoisotopic (exact) mass is 290 g/mol. The molecular formula is C11H18N2O5S. The fourth-order valence-corrected chi connectivity index (χ4v) is 2.32. The van der Waals surface area contributed by atoms with E-state index in [-0.39, 0.29) is 12.2 Å². The predicted molar refractivity (Wildman–Crippen MR) is 69.6 cm³/mol. The number of hydrogen-bond donors (Lipinski definition) is 2. The Morgan fingerprint density at radius 2 is 2.11 bits per heavy atom. The van der Waals surface area contributed by atoms with Gasteiger partial charge in [-0.05, 0) is 12.8 Å². The van der Waals surface area contributed by atoms with Crippen molar-refractivity contribution < 1.29 is 23.1 Å². The zero-order chi connectivity index (χ0) is 14.5. The van der Waals surface area contributed by atoms with Gasteiger partial charge >= 0.3 is 12.0 Å². The number of carboxylic acid groups (broad SMARTS) is 1. The normalized spacial score (nSPS) is 17.0. The maximum absolute atomic E-state index is 11.8. The quantitative estimate of drug-likeness (QED) is 0.685. The second-order valence-corrected chi connectivity index (χ2v) is 6.72. The van der Waals surface area contributed by atoms with E-state index >= 15 is 0 Å². The minimum Gasteiger partial charge on any atom is -0.480 e. The van der Waals surface area contributed by atoms with E-state index in [0.717, 1.165) is 12.7 Å². The van der Waals surface area contributed by atoms with Crippen molar-refractivity contribution in [1.29, 1.82) is 0 Å². The van der Waals surface area contributed by atoms with E-state index in [2.05, 4.69) is 5.32 Å². The van der Waals surface area contributed by atoms with Crippen LogP contribution in [0.5, 0.6) is 0 Å². The van der Waals surface area contributed by atoms with Crippen LogP contribution in [-0.4, -0.2) is 61.6 Å². The molecule has 0 aliphatic carbocycles. The van der Waals surface area contributed by atoms with E-state index < -0.39 is 27.9 Å². The smallest absolute Gasteiger partial charge is 0.326 e. The SMILES string of the molecule is CS(=O)(=O)CCC(NC(=O)N1CC=CCC1)C(=O)O. The molecular weight excluding hydrogens is 272 g/mol. The first kappa shape index (κ1) is 15.5. The lowest BCUT2D eigenvalue weighted by molar-refractivity contribution is -0.139. The first-order valence-electron chi connectivity index (χ1n) is 5.90. The van der Waals surface area contributed by atoms with Crippen LogP contribution in [0.1, 0.15) is 12.8 Å². The van der Waals surface area contributed by atoms with Crippen LogP contribution in [0.4, 0.5) is 4.79 Å². The summed E-state index contributed by atoms with van der Waals surface area (Å²) in [6.07, 6.45) is 5.40. The average molecular weight is 290 g/mol. The summed E-state index contributed by atoms with van der Waals surface area (Å²) >= 11 is 0. The van der Waals surface area contributed by atoms with Crippen molar-refractivity contribution in [1.82, 2.24) is 10.2 Å². The van der Waals surface area contributed by atoms with Crippen molar-refractivity contribution in [3.63, 3.8) is 0 Å². The van der Waals surface area contributed by atoms with Crippen LogP contribution in [-0.2, 0) is 14.6 Å². The van der Waals surface area contributed by atoms with Gasteiger partial charge in [-0.3, -0.25) is 0 Å². The van der Waals surface area contributed by atoms with Gasteiger partial charge in [0.15, 0.2) is 0 Å². The maximum atomic E-state index is 11.8. The summed E-state index contributed by atoms with van der Waals surface area (Å²) in [7, 11) is -3.25. The fourth-order valence-electron chi connectivity index (χ4n) is 1.66. The van der Waals surface area contributed by atoms with Crippen LogP contribution in [0.15, 0.2) is 12.2 Å². The number of carbonyl (C=O) groups excluding carboxylic acids is 1. The van der Waals surface area contributed by atoms with Crippen molar-refractivity contribution >= 4 is 21.8 Å². The van der Waals surface area contributed by atoms with Gasteiger partial charge in [0.2, 0.25) is 0 Å². The summed E-state index contributed by atoms with van der Waals surface area (Å²) in [5.41, 5.74) is 0. The standard InChI is InChI=1S/C11H18N2O5S/c1-19(17,18)8-5-9(10(14)15)12-11(16)13-6-3-2-4-7-13/h2-3,9H,4-8H2,1H3,(H,12,16)(H,14,15). The zero-order valence-electron chi connectivity index (χ0n) is 10.7. The van der Waals surface area contributed by atoms with Gasteiger partial charge in [0.25, 0.3) is 0 Å². The number of sulfone groups is 1. The van der Waals surface area contributed by atoms with Gasteiger partial charge in [-0.25, -0.2) is 18.0 Å². The summed E-state index contributed by atoms with van der Waals surface area (Å²) < 4.78 is 22.0. The van der Waals surface area contributed by atoms with Gasteiger partial charge in [-0.1, -0.05) is 12.2 Å². The molecule has 1 atom stereocenters. The lowest BCUT2D eigenvalue weighted by Crippen LogP contribution is -2.49. The van der Waals surface area contributed by atoms with Crippen molar-refractivity contribution in [2.45, 2.75) is 18.9 Å². The Morgan fingerprint density at radius 1 is 1.42 bits per heavy atom. The van der Waals surface area contributed by atoms with Crippen molar-refractivity contribution in [2.75, 3.05) is 25.1 Å². The molecule has 0 saturated carbocycles. The molecule has 1 aliphatic rings. The number of nitrogens with zero attached hydrogens (tertiary/aromatic N) is 1. The Hall–Kier alpha value is -1.57. The highest BCUT2D eigenvalue weighted by atomic mass is 32.2. The first-order valence-corrected chi connectivity index (χ1v) is 7.96. The number of carbonyl (C=O) groups is 2. The van der Waals surface area contributed by atoms with Crippen molar-refractivity contribution in [3.8, 4) is 0 Å². The summed E-state index contributed by atoms with van der Waals surface area (Å²) in [6.45, 7) is 0.963. The highest BCUT2D eigenvalue weighted by molar-refractivity contribution is 7.90. The molecule has 0 aromatic rings. The second kappa shape index (κ2) is 6.55. The first-order chi connectivity index (χ1) is 8.79. The molecule has 1 heterocycles. The van der Waals surface area contributed by atoms with Gasteiger partial charge in [-0.15, -0.1) is 0 Å². The Labute approximate surface area is 112 Å². The van der Waals surface area contributed by atoms with Crippen LogP contribution in [0.2, 0.25) is 0 Å². The largest absolute Gasteiger partial charge is 0.480 e. The molecule has 0 radical (unpaired) electrons. The highest BCUT2D eigenvalue weighted by Gasteiger charge is 2.24. The third-order valence-electron chi connectivity index (χ3n) is 2.72. The Balaban J connectivity index is 2.55. The molecule has 19 heavy (non-hydrogen) atoms. The second-order valence-electron chi connectivity index (χ2n) is 4.46. The third-order valence-corrected chi connectivity index (χ3v) is 3.70.